The van der Waals surface area contributed by atoms with Crippen molar-refractivity contribution in [3.63, 3.8) is 0 Å². The number of ether oxygens (including phenoxy) is 2. The van der Waals surface area contributed by atoms with E-state index in [1.54, 1.807) is 39.2 Å². The third-order valence-corrected chi connectivity index (χ3v) is 5.36. The maximum atomic E-state index is 12.5. The first-order valence-corrected chi connectivity index (χ1v) is 11.9. The molecule has 3 rings (SSSR count). The Labute approximate surface area is 212 Å². The van der Waals surface area contributed by atoms with Gasteiger partial charge in [-0.2, -0.15) is 0 Å². The van der Waals surface area contributed by atoms with Gasteiger partial charge in [0, 0.05) is 36.7 Å². The summed E-state index contributed by atoms with van der Waals surface area (Å²) in [6.07, 6.45) is 4.87. The third kappa shape index (κ3) is 7.29. The van der Waals surface area contributed by atoms with E-state index in [-0.39, 0.29) is 5.91 Å². The van der Waals surface area contributed by atoms with Crippen LogP contribution in [0.25, 0.3) is 5.65 Å². The maximum absolute atomic E-state index is 12.5. The fraction of sp³-hybridized carbons (Fsp3) is 0.391. The van der Waals surface area contributed by atoms with Gasteiger partial charge < -0.3 is 25.4 Å². The number of hydrogen-bond acceptors (Lipinski definition) is 7. The molecule has 34 heavy (non-hydrogen) atoms. The first kappa shape index (κ1) is 25.7. The summed E-state index contributed by atoms with van der Waals surface area (Å²) in [4.78, 5) is 32.9. The molecule has 10 nitrogen and oxygen atoms in total. The zero-order valence-electron chi connectivity index (χ0n) is 19.6. The van der Waals surface area contributed by atoms with Crippen molar-refractivity contribution in [2.75, 3.05) is 31.6 Å². The molecular formula is C23H29IN6O4. The van der Waals surface area contributed by atoms with E-state index in [0.29, 0.717) is 37.7 Å². The van der Waals surface area contributed by atoms with Crippen molar-refractivity contribution in [2.24, 2.45) is 0 Å². The van der Waals surface area contributed by atoms with Gasteiger partial charge >= 0.3 is 6.09 Å². The number of rotatable bonds is 9. The summed E-state index contributed by atoms with van der Waals surface area (Å²) in [5, 5.41) is 8.73. The summed E-state index contributed by atoms with van der Waals surface area (Å²) in [5.41, 5.74) is 2.42. The van der Waals surface area contributed by atoms with Crippen LogP contribution >= 0.6 is 22.6 Å². The van der Waals surface area contributed by atoms with Crippen LogP contribution in [-0.4, -0.2) is 58.3 Å². The molecule has 3 N–H and O–H groups in total. The van der Waals surface area contributed by atoms with Gasteiger partial charge in [-0.3, -0.25) is 9.20 Å². The van der Waals surface area contributed by atoms with Gasteiger partial charge in [0.15, 0.2) is 11.5 Å². The van der Waals surface area contributed by atoms with Crippen molar-refractivity contribution in [2.45, 2.75) is 33.3 Å². The number of imidazole rings is 1. The predicted molar refractivity (Wildman–Crippen MR) is 138 cm³/mol. The average molecular weight is 580 g/mol. The van der Waals surface area contributed by atoms with Gasteiger partial charge in [-0.1, -0.05) is 0 Å². The van der Waals surface area contributed by atoms with Gasteiger partial charge in [0.1, 0.15) is 9.30 Å². The van der Waals surface area contributed by atoms with Crippen molar-refractivity contribution >= 4 is 51.7 Å². The highest BCUT2D eigenvalue weighted by atomic mass is 127. The normalized spacial score (nSPS) is 11.3. The maximum Gasteiger partial charge on any atom is 0.407 e. The highest BCUT2D eigenvalue weighted by Gasteiger charge is 2.15. The number of anilines is 2. The molecule has 3 aromatic rings. The van der Waals surface area contributed by atoms with Crippen molar-refractivity contribution < 1.29 is 19.1 Å². The van der Waals surface area contributed by atoms with E-state index in [9.17, 15) is 9.59 Å². The largest absolute Gasteiger partial charge is 0.444 e. The quantitative estimate of drug-likeness (QED) is 0.261. The number of hydrogen-bond donors (Lipinski definition) is 3. The number of aromatic nitrogens is 3. The van der Waals surface area contributed by atoms with E-state index in [0.717, 1.165) is 20.6 Å². The third-order valence-electron chi connectivity index (χ3n) is 4.56. The fourth-order valence-electron chi connectivity index (χ4n) is 3.08. The number of nitrogens with one attached hydrogen (secondary N) is 3. The van der Waals surface area contributed by atoms with Crippen LogP contribution in [0, 0.1) is 10.6 Å². The van der Waals surface area contributed by atoms with Gasteiger partial charge in [-0.05, 0) is 74.0 Å². The molecule has 0 aliphatic rings. The van der Waals surface area contributed by atoms with E-state index < -0.39 is 11.7 Å². The zero-order chi connectivity index (χ0) is 24.7. The number of nitrogens with zero attached hydrogens (tertiary/aromatic N) is 3. The lowest BCUT2D eigenvalue weighted by molar-refractivity contribution is 0.0500. The lowest BCUT2D eigenvalue weighted by Crippen LogP contribution is -2.34. The Kier molecular flexibility index (Phi) is 8.67. The summed E-state index contributed by atoms with van der Waals surface area (Å²) in [5.74, 6) is 0.461. The highest BCUT2D eigenvalue weighted by Crippen LogP contribution is 2.22. The molecule has 0 atom stereocenters. The summed E-state index contributed by atoms with van der Waals surface area (Å²) < 4.78 is 13.5. The molecule has 0 spiro atoms. The SMILES string of the molecule is Cc1cc(Nc2nccn3c(I)cnc23)ccc1C(=O)NCCOCCNC(=O)OC(C)(C)C. The summed E-state index contributed by atoms with van der Waals surface area (Å²) in [6, 6.07) is 5.50. The molecule has 0 bridgehead atoms. The van der Waals surface area contributed by atoms with Crippen LogP contribution in [0.3, 0.4) is 0 Å². The van der Waals surface area contributed by atoms with Crippen LogP contribution < -0.4 is 16.0 Å². The molecule has 11 heteroatoms. The number of alkyl carbamates (subject to hydrolysis) is 1. The number of aryl methyl sites for hydroxylation is 1. The second-order valence-corrected chi connectivity index (χ2v) is 9.61. The Balaban J connectivity index is 1.43. The number of halogens is 1. The van der Waals surface area contributed by atoms with Crippen molar-refractivity contribution in [1.29, 1.82) is 0 Å². The molecule has 0 unspecified atom stereocenters. The molecule has 2 aromatic heterocycles. The smallest absolute Gasteiger partial charge is 0.407 e. The minimum atomic E-state index is -0.536. The minimum absolute atomic E-state index is 0.178. The average Bonchev–Trinajstić information content (AvgIpc) is 3.13. The van der Waals surface area contributed by atoms with E-state index in [4.69, 9.17) is 9.47 Å². The van der Waals surface area contributed by atoms with E-state index >= 15 is 0 Å². The number of fused-ring (bicyclic) bond motifs is 1. The van der Waals surface area contributed by atoms with Crippen molar-refractivity contribution in [3.8, 4) is 0 Å². The minimum Gasteiger partial charge on any atom is -0.444 e. The molecule has 2 heterocycles. The van der Waals surface area contributed by atoms with Gasteiger partial charge in [0.2, 0.25) is 0 Å². The molecule has 0 aliphatic carbocycles. The number of carbonyl (C=O) groups excluding carboxylic acids is 2. The van der Waals surface area contributed by atoms with Gasteiger partial charge in [0.25, 0.3) is 5.91 Å². The summed E-state index contributed by atoms with van der Waals surface area (Å²) in [7, 11) is 0. The number of amides is 2. The zero-order valence-corrected chi connectivity index (χ0v) is 21.8. The molecule has 0 fully saturated rings. The van der Waals surface area contributed by atoms with Crippen LogP contribution in [0.2, 0.25) is 0 Å². The van der Waals surface area contributed by atoms with Crippen LogP contribution in [0.5, 0.6) is 0 Å². The summed E-state index contributed by atoms with van der Waals surface area (Å²) >= 11 is 2.21. The van der Waals surface area contributed by atoms with Gasteiger partial charge in [-0.15, -0.1) is 0 Å². The Bertz CT molecular complexity index is 1160. The summed E-state index contributed by atoms with van der Waals surface area (Å²) in [6.45, 7) is 8.63. The van der Waals surface area contributed by atoms with Crippen LogP contribution in [0.4, 0.5) is 16.3 Å². The second-order valence-electron chi connectivity index (χ2n) is 8.50. The van der Waals surface area contributed by atoms with E-state index in [1.165, 1.54) is 0 Å². The first-order chi connectivity index (χ1) is 16.1. The predicted octanol–water partition coefficient (Wildman–Crippen LogP) is 3.66. The molecule has 2 amide bonds. The standard InChI is InChI=1S/C23H29IN6O4/c1-15-13-16(29-19-20-28-14-18(24)30(20)10-7-25-19)5-6-17(15)21(31)26-8-11-33-12-9-27-22(32)34-23(2,3)4/h5-7,10,13-14H,8-9,11-12H2,1-4H3,(H,25,29)(H,26,31)(H,27,32). The lowest BCUT2D eigenvalue weighted by Gasteiger charge is -2.19. The highest BCUT2D eigenvalue weighted by molar-refractivity contribution is 14.1. The molecule has 182 valence electrons. The van der Waals surface area contributed by atoms with Crippen molar-refractivity contribution in [1.82, 2.24) is 25.0 Å². The Morgan fingerprint density at radius 2 is 1.85 bits per heavy atom. The lowest BCUT2D eigenvalue weighted by atomic mass is 10.1. The molecule has 0 aliphatic heterocycles. The second kappa shape index (κ2) is 11.5. The number of carbonyl (C=O) groups is 2. The molecule has 0 saturated heterocycles. The van der Waals surface area contributed by atoms with Gasteiger partial charge in [0.05, 0.1) is 19.4 Å². The molecule has 1 aromatic carbocycles. The van der Waals surface area contributed by atoms with Crippen LogP contribution in [0.15, 0.2) is 36.8 Å². The van der Waals surface area contributed by atoms with E-state index in [1.807, 2.05) is 29.7 Å². The molecule has 0 saturated carbocycles. The monoisotopic (exact) mass is 580 g/mol. The number of benzene rings is 1. The van der Waals surface area contributed by atoms with Crippen LogP contribution in [-0.2, 0) is 9.47 Å². The first-order valence-electron chi connectivity index (χ1n) is 10.8. The molecular weight excluding hydrogens is 551 g/mol. The van der Waals surface area contributed by atoms with Gasteiger partial charge in [-0.25, -0.2) is 14.8 Å². The van der Waals surface area contributed by atoms with E-state index in [2.05, 4.69) is 48.5 Å². The Hall–Kier alpha value is -2.93. The topological polar surface area (TPSA) is 119 Å². The Morgan fingerprint density at radius 1 is 1.12 bits per heavy atom. The fourth-order valence-corrected chi connectivity index (χ4v) is 3.61. The van der Waals surface area contributed by atoms with Crippen molar-refractivity contribution in [3.05, 3.63) is 51.6 Å². The Morgan fingerprint density at radius 3 is 2.56 bits per heavy atom. The molecule has 0 radical (unpaired) electrons. The van der Waals surface area contributed by atoms with Crippen LogP contribution in [0.1, 0.15) is 36.7 Å².